The standard InChI is InChI=1S/C13H12N2O4S/c16-12(17)7-19-11-3-1-9(2-4-11)14-13(18)15-10-5-6-20-8-10/h1-6,8H,7H2,(H,16,17)(H2,14,15,18). The van der Waals surface area contributed by atoms with E-state index in [9.17, 15) is 9.59 Å². The lowest BCUT2D eigenvalue weighted by molar-refractivity contribution is -0.139. The lowest BCUT2D eigenvalue weighted by Crippen LogP contribution is -2.18. The van der Waals surface area contributed by atoms with Crippen LogP contribution in [0.4, 0.5) is 16.2 Å². The number of hydrogen-bond donors (Lipinski definition) is 3. The molecular formula is C13H12N2O4S. The fourth-order valence-corrected chi connectivity index (χ4v) is 2.00. The zero-order valence-corrected chi connectivity index (χ0v) is 11.1. The van der Waals surface area contributed by atoms with Gasteiger partial charge in [0.05, 0.1) is 5.69 Å². The van der Waals surface area contributed by atoms with E-state index in [-0.39, 0.29) is 6.03 Å². The van der Waals surface area contributed by atoms with Crippen molar-refractivity contribution in [1.82, 2.24) is 0 Å². The third-order valence-electron chi connectivity index (χ3n) is 2.25. The molecular weight excluding hydrogens is 280 g/mol. The monoisotopic (exact) mass is 292 g/mol. The highest BCUT2D eigenvalue weighted by molar-refractivity contribution is 7.08. The van der Waals surface area contributed by atoms with Crippen molar-refractivity contribution in [2.45, 2.75) is 0 Å². The van der Waals surface area contributed by atoms with Gasteiger partial charge in [-0.05, 0) is 35.7 Å². The average Bonchev–Trinajstić information content (AvgIpc) is 2.90. The van der Waals surface area contributed by atoms with Crippen LogP contribution in [-0.4, -0.2) is 23.7 Å². The minimum atomic E-state index is -1.04. The molecule has 1 aromatic heterocycles. The summed E-state index contributed by atoms with van der Waals surface area (Å²) in [5.74, 6) is -0.612. The first-order valence-electron chi connectivity index (χ1n) is 5.68. The van der Waals surface area contributed by atoms with Gasteiger partial charge in [-0.1, -0.05) is 0 Å². The van der Waals surface area contributed by atoms with Crippen molar-refractivity contribution in [3.63, 3.8) is 0 Å². The molecule has 0 fully saturated rings. The Balaban J connectivity index is 1.86. The summed E-state index contributed by atoms with van der Waals surface area (Å²) in [6, 6.07) is 7.89. The van der Waals surface area contributed by atoms with E-state index in [0.29, 0.717) is 11.4 Å². The van der Waals surface area contributed by atoms with Gasteiger partial charge >= 0.3 is 12.0 Å². The van der Waals surface area contributed by atoms with Crippen molar-refractivity contribution in [2.75, 3.05) is 17.2 Å². The molecule has 0 aliphatic carbocycles. The van der Waals surface area contributed by atoms with Crippen LogP contribution in [0.15, 0.2) is 41.1 Å². The fraction of sp³-hybridized carbons (Fsp3) is 0.0769. The van der Waals surface area contributed by atoms with Gasteiger partial charge in [0.2, 0.25) is 0 Å². The first-order chi connectivity index (χ1) is 9.63. The lowest BCUT2D eigenvalue weighted by Gasteiger charge is -2.07. The molecule has 2 rings (SSSR count). The molecule has 0 bridgehead atoms. The van der Waals surface area contributed by atoms with Gasteiger partial charge in [0, 0.05) is 11.1 Å². The van der Waals surface area contributed by atoms with E-state index < -0.39 is 12.6 Å². The molecule has 0 aliphatic rings. The molecule has 0 aliphatic heterocycles. The van der Waals surface area contributed by atoms with Crippen molar-refractivity contribution in [3.8, 4) is 5.75 Å². The molecule has 7 heteroatoms. The number of ether oxygens (including phenoxy) is 1. The quantitative estimate of drug-likeness (QED) is 0.790. The van der Waals surface area contributed by atoms with Crippen molar-refractivity contribution in [2.24, 2.45) is 0 Å². The van der Waals surface area contributed by atoms with E-state index in [4.69, 9.17) is 9.84 Å². The summed E-state index contributed by atoms with van der Waals surface area (Å²) in [7, 11) is 0. The van der Waals surface area contributed by atoms with E-state index in [1.807, 2.05) is 10.8 Å². The average molecular weight is 292 g/mol. The van der Waals surface area contributed by atoms with Gasteiger partial charge in [-0.3, -0.25) is 0 Å². The minimum absolute atomic E-state index is 0.345. The van der Waals surface area contributed by atoms with Gasteiger partial charge in [0.25, 0.3) is 0 Å². The number of carbonyl (C=O) groups excluding carboxylic acids is 1. The maximum atomic E-state index is 11.7. The van der Waals surface area contributed by atoms with Crippen LogP contribution in [0.1, 0.15) is 0 Å². The van der Waals surface area contributed by atoms with Crippen LogP contribution in [0.5, 0.6) is 5.75 Å². The molecule has 104 valence electrons. The summed E-state index contributed by atoms with van der Waals surface area (Å²) in [4.78, 5) is 22.0. The summed E-state index contributed by atoms with van der Waals surface area (Å²) < 4.78 is 4.99. The highest BCUT2D eigenvalue weighted by Crippen LogP contribution is 2.16. The second-order valence-electron chi connectivity index (χ2n) is 3.80. The van der Waals surface area contributed by atoms with Crippen LogP contribution in [0, 0.1) is 0 Å². The van der Waals surface area contributed by atoms with Crippen molar-refractivity contribution in [3.05, 3.63) is 41.1 Å². The van der Waals surface area contributed by atoms with Gasteiger partial charge in [-0.15, -0.1) is 0 Å². The third-order valence-corrected chi connectivity index (χ3v) is 2.94. The first kappa shape index (κ1) is 13.9. The van der Waals surface area contributed by atoms with E-state index in [1.165, 1.54) is 11.3 Å². The van der Waals surface area contributed by atoms with E-state index >= 15 is 0 Å². The number of aliphatic carboxylic acids is 1. The number of rotatable bonds is 5. The molecule has 2 amide bonds. The minimum Gasteiger partial charge on any atom is -0.482 e. The molecule has 20 heavy (non-hydrogen) atoms. The predicted octanol–water partition coefficient (Wildman–Crippen LogP) is 2.86. The number of amides is 2. The summed E-state index contributed by atoms with van der Waals surface area (Å²) in [6.07, 6.45) is 0. The number of urea groups is 1. The SMILES string of the molecule is O=C(O)COc1ccc(NC(=O)Nc2ccsc2)cc1. The Kier molecular flexibility index (Phi) is 4.56. The second-order valence-corrected chi connectivity index (χ2v) is 4.58. The van der Waals surface area contributed by atoms with Gasteiger partial charge in [-0.2, -0.15) is 11.3 Å². The Hall–Kier alpha value is -2.54. The van der Waals surface area contributed by atoms with Gasteiger partial charge < -0.3 is 20.5 Å². The van der Waals surface area contributed by atoms with Gasteiger partial charge in [0.1, 0.15) is 5.75 Å². The summed E-state index contributed by atoms with van der Waals surface area (Å²) in [5.41, 5.74) is 1.31. The Morgan fingerprint density at radius 1 is 1.10 bits per heavy atom. The number of anilines is 2. The van der Waals surface area contributed by atoms with Crippen LogP contribution in [0.3, 0.4) is 0 Å². The molecule has 0 saturated carbocycles. The number of thiophene rings is 1. The maximum absolute atomic E-state index is 11.7. The molecule has 3 N–H and O–H groups in total. The number of hydrogen-bond acceptors (Lipinski definition) is 4. The number of carboxylic acid groups (broad SMARTS) is 1. The molecule has 0 atom stereocenters. The van der Waals surface area contributed by atoms with Crippen LogP contribution < -0.4 is 15.4 Å². The van der Waals surface area contributed by atoms with Crippen LogP contribution in [-0.2, 0) is 4.79 Å². The topological polar surface area (TPSA) is 87.7 Å². The zero-order chi connectivity index (χ0) is 14.4. The van der Waals surface area contributed by atoms with E-state index in [0.717, 1.165) is 5.69 Å². The summed E-state index contributed by atoms with van der Waals surface area (Å²) in [5, 5.41) is 17.5. The Bertz CT molecular complexity index is 581. The van der Waals surface area contributed by atoms with Crippen molar-refractivity contribution in [1.29, 1.82) is 0 Å². The lowest BCUT2D eigenvalue weighted by atomic mass is 10.3. The zero-order valence-electron chi connectivity index (χ0n) is 10.3. The molecule has 0 unspecified atom stereocenters. The number of carbonyl (C=O) groups is 2. The van der Waals surface area contributed by atoms with Gasteiger partial charge in [0.15, 0.2) is 6.61 Å². The van der Waals surface area contributed by atoms with Crippen LogP contribution in [0.25, 0.3) is 0 Å². The van der Waals surface area contributed by atoms with E-state index in [2.05, 4.69) is 10.6 Å². The second kappa shape index (κ2) is 6.58. The molecule has 0 spiro atoms. The third kappa shape index (κ3) is 4.29. The Morgan fingerprint density at radius 3 is 2.40 bits per heavy atom. The highest BCUT2D eigenvalue weighted by Gasteiger charge is 2.04. The highest BCUT2D eigenvalue weighted by atomic mass is 32.1. The smallest absolute Gasteiger partial charge is 0.341 e. The Morgan fingerprint density at radius 2 is 1.80 bits per heavy atom. The predicted molar refractivity (Wildman–Crippen MR) is 76.5 cm³/mol. The number of nitrogens with one attached hydrogen (secondary N) is 2. The molecule has 0 saturated heterocycles. The molecule has 2 aromatic rings. The van der Waals surface area contributed by atoms with Gasteiger partial charge in [-0.25, -0.2) is 9.59 Å². The normalized spacial score (nSPS) is 9.80. The van der Waals surface area contributed by atoms with Crippen LogP contribution >= 0.6 is 11.3 Å². The van der Waals surface area contributed by atoms with Crippen LogP contribution in [0.2, 0.25) is 0 Å². The van der Waals surface area contributed by atoms with E-state index in [1.54, 1.807) is 30.3 Å². The molecule has 1 aromatic carbocycles. The largest absolute Gasteiger partial charge is 0.482 e. The first-order valence-corrected chi connectivity index (χ1v) is 6.62. The molecule has 1 heterocycles. The van der Waals surface area contributed by atoms with Crippen molar-refractivity contribution >= 4 is 34.7 Å². The number of carboxylic acids is 1. The molecule has 6 nitrogen and oxygen atoms in total. The summed E-state index contributed by atoms with van der Waals surface area (Å²) in [6.45, 7) is -0.397. The number of benzene rings is 1. The fourth-order valence-electron chi connectivity index (χ4n) is 1.41. The summed E-state index contributed by atoms with van der Waals surface area (Å²) >= 11 is 1.49. The molecule has 0 radical (unpaired) electrons. The maximum Gasteiger partial charge on any atom is 0.341 e. The Labute approximate surface area is 119 Å². The van der Waals surface area contributed by atoms with Crippen molar-refractivity contribution < 1.29 is 19.4 Å².